The van der Waals surface area contributed by atoms with Gasteiger partial charge in [-0.05, 0) is 44.1 Å². The van der Waals surface area contributed by atoms with Crippen LogP contribution >= 0.6 is 0 Å². The molecule has 2 fully saturated rings. The Balaban J connectivity index is 1.43. The molecule has 0 amide bonds. The summed E-state index contributed by atoms with van der Waals surface area (Å²) >= 11 is 0. The molecule has 0 aliphatic heterocycles. The Morgan fingerprint density at radius 2 is 1.71 bits per heavy atom. The molecule has 0 saturated heterocycles. The van der Waals surface area contributed by atoms with Crippen molar-refractivity contribution in [3.63, 3.8) is 0 Å². The van der Waals surface area contributed by atoms with E-state index >= 15 is 0 Å². The van der Waals surface area contributed by atoms with Crippen LogP contribution in [0, 0.1) is 11.8 Å². The van der Waals surface area contributed by atoms with E-state index in [0.29, 0.717) is 0 Å². The molecule has 2 rings (SSSR count). The van der Waals surface area contributed by atoms with Crippen LogP contribution in [-0.4, -0.2) is 25.7 Å². The van der Waals surface area contributed by atoms with Crippen LogP contribution in [-0.2, 0) is 0 Å². The fraction of sp³-hybridized carbons (Fsp3) is 1.00. The van der Waals surface area contributed by atoms with Crippen molar-refractivity contribution in [2.45, 2.75) is 64.3 Å². The molecule has 2 unspecified atom stereocenters. The maximum Gasteiger partial charge on any atom is 0.00793 e. The van der Waals surface area contributed by atoms with E-state index in [1.807, 2.05) is 0 Å². The standard InChI is InChI=1S/C15H30N2/c1-2-13-7-8-14(11-13)12-16-9-10-17-15-5-3-4-6-15/h13-17H,2-12H2,1H3. The van der Waals surface area contributed by atoms with Gasteiger partial charge < -0.3 is 10.6 Å². The van der Waals surface area contributed by atoms with Crippen LogP contribution in [0.25, 0.3) is 0 Å². The van der Waals surface area contributed by atoms with Crippen LogP contribution in [0.1, 0.15) is 58.3 Å². The summed E-state index contributed by atoms with van der Waals surface area (Å²) in [6, 6.07) is 0.827. The summed E-state index contributed by atoms with van der Waals surface area (Å²) in [4.78, 5) is 0. The predicted octanol–water partition coefficient (Wildman–Crippen LogP) is 2.93. The molecule has 2 heteroatoms. The Labute approximate surface area is 107 Å². The Kier molecular flexibility index (Phi) is 5.79. The Hall–Kier alpha value is -0.0800. The predicted molar refractivity (Wildman–Crippen MR) is 74.3 cm³/mol. The second-order valence-electron chi connectivity index (χ2n) is 6.09. The fourth-order valence-corrected chi connectivity index (χ4v) is 3.54. The summed E-state index contributed by atoms with van der Waals surface area (Å²) in [5.41, 5.74) is 0. The van der Waals surface area contributed by atoms with Gasteiger partial charge in [-0.3, -0.25) is 0 Å². The lowest BCUT2D eigenvalue weighted by molar-refractivity contribution is 0.442. The van der Waals surface area contributed by atoms with E-state index in [0.717, 1.165) is 31.0 Å². The number of hydrogen-bond donors (Lipinski definition) is 2. The summed E-state index contributed by atoms with van der Waals surface area (Å²) in [5, 5.41) is 7.30. The van der Waals surface area contributed by atoms with Crippen LogP contribution in [0.5, 0.6) is 0 Å². The van der Waals surface area contributed by atoms with Crippen LogP contribution in [0.3, 0.4) is 0 Å². The van der Waals surface area contributed by atoms with Gasteiger partial charge in [-0.25, -0.2) is 0 Å². The van der Waals surface area contributed by atoms with Crippen molar-refractivity contribution in [2.24, 2.45) is 11.8 Å². The van der Waals surface area contributed by atoms with Gasteiger partial charge in [0.15, 0.2) is 0 Å². The molecule has 2 aliphatic carbocycles. The highest BCUT2D eigenvalue weighted by Crippen LogP contribution is 2.32. The third kappa shape index (κ3) is 4.59. The fourth-order valence-electron chi connectivity index (χ4n) is 3.54. The topological polar surface area (TPSA) is 24.1 Å². The highest BCUT2D eigenvalue weighted by Gasteiger charge is 2.22. The molecule has 2 atom stereocenters. The summed E-state index contributed by atoms with van der Waals surface area (Å²) in [6.45, 7) is 5.91. The van der Waals surface area contributed by atoms with Crippen molar-refractivity contribution in [3.05, 3.63) is 0 Å². The van der Waals surface area contributed by atoms with Gasteiger partial charge in [0.05, 0.1) is 0 Å². The van der Waals surface area contributed by atoms with Crippen molar-refractivity contribution in [2.75, 3.05) is 19.6 Å². The van der Waals surface area contributed by atoms with Gasteiger partial charge in [-0.15, -0.1) is 0 Å². The SMILES string of the molecule is CCC1CCC(CNCCNC2CCCC2)C1. The zero-order valence-electron chi connectivity index (χ0n) is 11.5. The molecule has 0 radical (unpaired) electrons. The molecule has 2 aliphatic rings. The second-order valence-corrected chi connectivity index (χ2v) is 6.09. The van der Waals surface area contributed by atoms with E-state index in [2.05, 4.69) is 17.6 Å². The average Bonchev–Trinajstić information content (AvgIpc) is 2.99. The van der Waals surface area contributed by atoms with E-state index in [4.69, 9.17) is 0 Å². The maximum absolute atomic E-state index is 3.66. The van der Waals surface area contributed by atoms with Gasteiger partial charge in [-0.1, -0.05) is 32.6 Å². The van der Waals surface area contributed by atoms with Crippen molar-refractivity contribution >= 4 is 0 Å². The highest BCUT2D eigenvalue weighted by molar-refractivity contribution is 4.77. The van der Waals surface area contributed by atoms with Gasteiger partial charge in [-0.2, -0.15) is 0 Å². The summed E-state index contributed by atoms with van der Waals surface area (Å²) in [5.74, 6) is 1.99. The third-order valence-electron chi connectivity index (χ3n) is 4.75. The average molecular weight is 238 g/mol. The van der Waals surface area contributed by atoms with Gasteiger partial charge >= 0.3 is 0 Å². The minimum absolute atomic E-state index is 0.827. The number of rotatable bonds is 7. The van der Waals surface area contributed by atoms with Crippen LogP contribution in [0.4, 0.5) is 0 Å². The van der Waals surface area contributed by atoms with Crippen molar-refractivity contribution in [3.8, 4) is 0 Å². The molecule has 100 valence electrons. The van der Waals surface area contributed by atoms with Crippen LogP contribution in [0.2, 0.25) is 0 Å². The number of nitrogens with one attached hydrogen (secondary N) is 2. The van der Waals surface area contributed by atoms with Gasteiger partial charge in [0.1, 0.15) is 0 Å². The molecule has 0 aromatic heterocycles. The molecule has 0 aromatic rings. The van der Waals surface area contributed by atoms with E-state index in [1.54, 1.807) is 0 Å². The maximum atomic E-state index is 3.66. The van der Waals surface area contributed by atoms with Crippen LogP contribution in [0.15, 0.2) is 0 Å². The summed E-state index contributed by atoms with van der Waals surface area (Å²) < 4.78 is 0. The van der Waals surface area contributed by atoms with Gasteiger partial charge in [0, 0.05) is 19.1 Å². The highest BCUT2D eigenvalue weighted by atomic mass is 15.0. The zero-order valence-corrected chi connectivity index (χ0v) is 11.5. The van der Waals surface area contributed by atoms with Crippen LogP contribution < -0.4 is 10.6 Å². The third-order valence-corrected chi connectivity index (χ3v) is 4.75. The molecule has 0 spiro atoms. The van der Waals surface area contributed by atoms with E-state index in [9.17, 15) is 0 Å². The first-order valence-electron chi connectivity index (χ1n) is 7.82. The van der Waals surface area contributed by atoms with Crippen molar-refractivity contribution < 1.29 is 0 Å². The number of hydrogen-bond acceptors (Lipinski definition) is 2. The molecule has 0 aromatic carbocycles. The van der Waals surface area contributed by atoms with Crippen molar-refractivity contribution in [1.82, 2.24) is 10.6 Å². The quantitative estimate of drug-likeness (QED) is 0.666. The molecular weight excluding hydrogens is 208 g/mol. The monoisotopic (exact) mass is 238 g/mol. The minimum atomic E-state index is 0.827. The normalized spacial score (nSPS) is 30.2. The Bertz CT molecular complexity index is 199. The first-order valence-corrected chi connectivity index (χ1v) is 7.82. The van der Waals surface area contributed by atoms with Gasteiger partial charge in [0.2, 0.25) is 0 Å². The molecule has 2 nitrogen and oxygen atoms in total. The lowest BCUT2D eigenvalue weighted by Gasteiger charge is -2.14. The van der Waals surface area contributed by atoms with E-state index in [-0.39, 0.29) is 0 Å². The molecule has 17 heavy (non-hydrogen) atoms. The largest absolute Gasteiger partial charge is 0.315 e. The lowest BCUT2D eigenvalue weighted by Crippen LogP contribution is -2.34. The van der Waals surface area contributed by atoms with E-state index < -0.39 is 0 Å². The summed E-state index contributed by atoms with van der Waals surface area (Å²) in [6.07, 6.45) is 11.5. The van der Waals surface area contributed by atoms with Gasteiger partial charge in [0.25, 0.3) is 0 Å². The van der Waals surface area contributed by atoms with E-state index in [1.165, 1.54) is 57.9 Å². The first kappa shape index (κ1) is 13.4. The lowest BCUT2D eigenvalue weighted by atomic mass is 10.0. The molecular formula is C15H30N2. The zero-order chi connectivity index (χ0) is 11.9. The smallest absolute Gasteiger partial charge is 0.00793 e. The van der Waals surface area contributed by atoms with Crippen molar-refractivity contribution in [1.29, 1.82) is 0 Å². The molecule has 0 bridgehead atoms. The summed E-state index contributed by atoms with van der Waals surface area (Å²) in [7, 11) is 0. The second kappa shape index (κ2) is 7.38. The Morgan fingerprint density at radius 3 is 2.41 bits per heavy atom. The molecule has 2 N–H and O–H groups in total. The minimum Gasteiger partial charge on any atom is -0.315 e. The molecule has 0 heterocycles. The first-order chi connectivity index (χ1) is 8.38. The Morgan fingerprint density at radius 1 is 0.941 bits per heavy atom. The molecule has 2 saturated carbocycles.